The number of carboxylic acids is 1. The van der Waals surface area contributed by atoms with Crippen molar-refractivity contribution in [2.75, 3.05) is 38.5 Å². The maximum Gasteiger partial charge on any atom is 0.326 e. The number of nitrogens with two attached hydrogens (primary N) is 4. The van der Waals surface area contributed by atoms with Crippen LogP contribution in [0.4, 0.5) is 0 Å². The summed E-state index contributed by atoms with van der Waals surface area (Å²) >= 11 is 4.37. The fourth-order valence-corrected chi connectivity index (χ4v) is 10.1. The zero-order valence-corrected chi connectivity index (χ0v) is 46.6. The minimum Gasteiger partial charge on any atom is -0.508 e. The summed E-state index contributed by atoms with van der Waals surface area (Å²) in [5.74, 6) is -6.67. The zero-order valence-electron chi connectivity index (χ0n) is 45.7. The molecule has 2 heterocycles. The van der Waals surface area contributed by atoms with Gasteiger partial charge in [-0.05, 0) is 145 Å². The van der Waals surface area contributed by atoms with Crippen molar-refractivity contribution in [2.45, 2.75) is 171 Å². The lowest BCUT2D eigenvalue weighted by atomic mass is 10.00. The van der Waals surface area contributed by atoms with E-state index in [1.165, 1.54) is 21.9 Å². The second kappa shape index (κ2) is 33.9. The first-order valence-corrected chi connectivity index (χ1v) is 28.4. The Labute approximate surface area is 469 Å². The van der Waals surface area contributed by atoms with Crippen molar-refractivity contribution in [3.8, 4) is 5.75 Å². The van der Waals surface area contributed by atoms with Crippen LogP contribution in [0.15, 0.2) is 54.6 Å². The molecular formula is C55H86N12O11S. The predicted molar refractivity (Wildman–Crippen MR) is 301 cm³/mol. The number of thiol groups is 1. The normalized spacial score (nSPS) is 17.8. The molecule has 9 atom stereocenters. The number of rotatable bonds is 34. The van der Waals surface area contributed by atoms with Crippen molar-refractivity contribution in [3.05, 3.63) is 65.7 Å². The van der Waals surface area contributed by atoms with E-state index >= 15 is 0 Å². The number of carbonyl (C=O) groups is 9. The summed E-state index contributed by atoms with van der Waals surface area (Å²) in [6.45, 7) is 5.11. The number of nitrogens with zero attached hydrogens (tertiary/aromatic N) is 2. The first-order chi connectivity index (χ1) is 37.8. The zero-order chi connectivity index (χ0) is 58.0. The largest absolute Gasteiger partial charge is 0.508 e. The Bertz CT molecular complexity index is 2320. The molecule has 8 amide bonds. The van der Waals surface area contributed by atoms with Gasteiger partial charge in [0.25, 0.3) is 0 Å². The monoisotopic (exact) mass is 1120 g/mol. The molecule has 0 aliphatic carbocycles. The summed E-state index contributed by atoms with van der Waals surface area (Å²) in [6.07, 6.45) is 5.19. The van der Waals surface area contributed by atoms with Crippen molar-refractivity contribution in [1.82, 2.24) is 41.7 Å². The molecule has 0 spiro atoms. The standard InChI is InChI=1S/C55H86N12O11S/c1-34(2)30-42(49(71)65-44(33-79)51(73)60-39(16-6-9-25-56)47(69)62-41(18-8-11-27-58)54(76)67-29-13-20-46(67)55(77)78)63-50(72)43(32-35-14-4-3-5-15-35)64-48(70)40(17-7-10-26-57)61-52(74)45-19-12-28-66(45)53(75)38(59)31-36-21-23-37(68)24-22-36/h3-5,14-15,21-24,34,38-46,68,79H,6-13,16-20,25-33,56-59H2,1-2H3,(H,60,73)(H,61,74)(H,62,69)(H,63,72)(H,64,70)(H,65,71)(H,77,78)/t38-,39-,40-,41-,42-,43-,44-,45-,46-/m0/s1. The molecule has 0 saturated carbocycles. The van der Waals surface area contributed by atoms with Crippen LogP contribution in [0, 0.1) is 5.92 Å². The van der Waals surface area contributed by atoms with Crippen molar-refractivity contribution in [2.24, 2.45) is 28.9 Å². The lowest BCUT2D eigenvalue weighted by molar-refractivity contribution is -0.149. The number of nitrogens with one attached hydrogen (secondary N) is 6. The van der Waals surface area contributed by atoms with Gasteiger partial charge >= 0.3 is 5.97 Å². The molecule has 2 aromatic carbocycles. The molecule has 2 aliphatic rings. The van der Waals surface area contributed by atoms with Gasteiger partial charge in [-0.15, -0.1) is 0 Å². The fourth-order valence-electron chi connectivity index (χ4n) is 9.84. The number of phenolic OH excluding ortho intramolecular Hbond substituents is 1. The van der Waals surface area contributed by atoms with E-state index < -0.39 is 108 Å². The first kappa shape index (κ1) is 65.2. The number of likely N-dealkylation sites (tertiary alicyclic amines) is 2. The van der Waals surface area contributed by atoms with Crippen LogP contribution in [-0.2, 0) is 56.0 Å². The third-order valence-electron chi connectivity index (χ3n) is 14.2. The maximum absolute atomic E-state index is 14.5. The number of amides is 8. The molecule has 23 nitrogen and oxygen atoms in total. The van der Waals surface area contributed by atoms with E-state index in [1.807, 2.05) is 13.8 Å². The van der Waals surface area contributed by atoms with Gasteiger partial charge in [-0.2, -0.15) is 12.6 Å². The molecule has 79 heavy (non-hydrogen) atoms. The maximum atomic E-state index is 14.5. The molecule has 24 heteroatoms. The van der Waals surface area contributed by atoms with Crippen LogP contribution in [0.3, 0.4) is 0 Å². The van der Waals surface area contributed by atoms with Crippen molar-refractivity contribution in [3.63, 3.8) is 0 Å². The number of hydrogen-bond donors (Lipinski definition) is 13. The van der Waals surface area contributed by atoms with Gasteiger partial charge in [0.15, 0.2) is 0 Å². The van der Waals surface area contributed by atoms with Gasteiger partial charge in [-0.25, -0.2) is 4.79 Å². The molecule has 2 fully saturated rings. The highest BCUT2D eigenvalue weighted by atomic mass is 32.1. The van der Waals surface area contributed by atoms with E-state index in [0.717, 1.165) is 5.56 Å². The molecule has 0 unspecified atom stereocenters. The minimum absolute atomic E-state index is 0.0192. The van der Waals surface area contributed by atoms with Crippen LogP contribution in [0.5, 0.6) is 5.75 Å². The molecular weight excluding hydrogens is 1040 g/mol. The van der Waals surface area contributed by atoms with E-state index in [0.29, 0.717) is 83.0 Å². The van der Waals surface area contributed by atoms with Gasteiger partial charge in [-0.3, -0.25) is 38.4 Å². The van der Waals surface area contributed by atoms with Crippen molar-refractivity contribution < 1.29 is 53.4 Å². The Morgan fingerprint density at radius 3 is 1.54 bits per heavy atom. The molecule has 16 N–H and O–H groups in total. The molecule has 438 valence electrons. The number of carboxylic acid groups (broad SMARTS) is 1. The topological polar surface area (TPSA) is 377 Å². The van der Waals surface area contributed by atoms with Gasteiger partial charge in [0.1, 0.15) is 54.1 Å². The van der Waals surface area contributed by atoms with E-state index in [9.17, 15) is 53.4 Å². The molecule has 4 rings (SSSR count). The van der Waals surface area contributed by atoms with Gasteiger partial charge in [0, 0.05) is 25.3 Å². The summed E-state index contributed by atoms with van der Waals surface area (Å²) in [6, 6.07) is 4.94. The molecule has 0 radical (unpaired) electrons. The molecule has 2 saturated heterocycles. The average molecular weight is 1120 g/mol. The third kappa shape index (κ3) is 21.0. The fraction of sp³-hybridized carbons (Fsp3) is 0.618. The Hall–Kier alpha value is -6.34. The number of aliphatic carboxylic acids is 1. The molecule has 0 aromatic heterocycles. The summed E-state index contributed by atoms with van der Waals surface area (Å²) in [7, 11) is 0. The predicted octanol–water partition coefficient (Wildman–Crippen LogP) is -0.157. The van der Waals surface area contributed by atoms with Gasteiger partial charge in [0.05, 0.1) is 6.04 Å². The second-order valence-electron chi connectivity index (χ2n) is 20.9. The van der Waals surface area contributed by atoms with Crippen LogP contribution in [0.1, 0.15) is 115 Å². The van der Waals surface area contributed by atoms with Crippen LogP contribution in [-0.4, -0.2) is 166 Å². The smallest absolute Gasteiger partial charge is 0.326 e. The summed E-state index contributed by atoms with van der Waals surface area (Å²) in [5.41, 5.74) is 25.0. The number of carbonyl (C=O) groups excluding carboxylic acids is 8. The Kier molecular flexibility index (Phi) is 28.0. The van der Waals surface area contributed by atoms with E-state index in [4.69, 9.17) is 22.9 Å². The SMILES string of the molecule is CC(C)C[C@H](NC(=O)[C@H](Cc1ccccc1)NC(=O)[C@H](CCCCN)NC(=O)[C@@H]1CCCN1C(=O)[C@@H](N)Cc1ccc(O)cc1)C(=O)N[C@@H](CS)C(=O)N[C@@H](CCCCN)C(=O)N[C@@H](CCCCN)C(=O)N1CCC[C@H]1C(=O)O. The summed E-state index contributed by atoms with van der Waals surface area (Å²) < 4.78 is 0. The van der Waals surface area contributed by atoms with E-state index in [1.54, 1.807) is 42.5 Å². The summed E-state index contributed by atoms with van der Waals surface area (Å²) in [5, 5.41) is 36.1. The van der Waals surface area contributed by atoms with Crippen LogP contribution >= 0.6 is 12.6 Å². The number of hydrogen-bond acceptors (Lipinski definition) is 15. The molecule has 0 bridgehead atoms. The third-order valence-corrected chi connectivity index (χ3v) is 14.5. The van der Waals surface area contributed by atoms with Crippen molar-refractivity contribution >= 4 is 65.9 Å². The van der Waals surface area contributed by atoms with Crippen LogP contribution in [0.25, 0.3) is 0 Å². The first-order valence-electron chi connectivity index (χ1n) is 27.8. The van der Waals surface area contributed by atoms with Gasteiger partial charge in [0.2, 0.25) is 47.3 Å². The highest BCUT2D eigenvalue weighted by molar-refractivity contribution is 7.80. The lowest BCUT2D eigenvalue weighted by Gasteiger charge is -2.30. The Balaban J connectivity index is 1.52. The van der Waals surface area contributed by atoms with E-state index in [-0.39, 0.29) is 75.5 Å². The Morgan fingerprint density at radius 2 is 1.00 bits per heavy atom. The van der Waals surface area contributed by atoms with Crippen LogP contribution in [0.2, 0.25) is 0 Å². The molecule has 2 aliphatic heterocycles. The highest BCUT2D eigenvalue weighted by Gasteiger charge is 2.40. The van der Waals surface area contributed by atoms with Crippen molar-refractivity contribution in [1.29, 1.82) is 0 Å². The number of benzene rings is 2. The van der Waals surface area contributed by atoms with E-state index in [2.05, 4.69) is 44.5 Å². The van der Waals surface area contributed by atoms with Crippen LogP contribution < -0.4 is 54.8 Å². The quantitative estimate of drug-likeness (QED) is 0.0320. The minimum atomic E-state index is -1.33. The number of aromatic hydroxyl groups is 1. The Morgan fingerprint density at radius 1 is 0.557 bits per heavy atom. The van der Waals surface area contributed by atoms with Gasteiger partial charge in [-0.1, -0.05) is 56.3 Å². The van der Waals surface area contributed by atoms with Gasteiger partial charge < -0.3 is 74.8 Å². The number of unbranched alkanes of at least 4 members (excludes halogenated alkanes) is 3. The second-order valence-corrected chi connectivity index (χ2v) is 21.3. The average Bonchev–Trinajstić information content (AvgIpc) is 4.19. The summed E-state index contributed by atoms with van der Waals surface area (Å²) in [4.78, 5) is 127. The number of phenols is 1. The molecule has 2 aromatic rings. The lowest BCUT2D eigenvalue weighted by Crippen LogP contribution is -2.61. The highest BCUT2D eigenvalue weighted by Crippen LogP contribution is 2.22.